The molecule has 0 aromatic heterocycles. The first-order chi connectivity index (χ1) is 14.4. The summed E-state index contributed by atoms with van der Waals surface area (Å²) in [6.45, 7) is 3.98. The Kier molecular flexibility index (Phi) is 4.38. The van der Waals surface area contributed by atoms with Crippen molar-refractivity contribution in [3.63, 3.8) is 0 Å². The first-order valence-electron chi connectivity index (χ1n) is 10.4. The monoisotopic (exact) mass is 404 g/mol. The van der Waals surface area contributed by atoms with Gasteiger partial charge in [-0.1, -0.05) is 6.07 Å². The van der Waals surface area contributed by atoms with Gasteiger partial charge in [0.2, 0.25) is 5.91 Å². The lowest BCUT2D eigenvalue weighted by atomic mass is 9.79. The minimum absolute atomic E-state index is 0.0199. The summed E-state index contributed by atoms with van der Waals surface area (Å²) in [6, 6.07) is 12.7. The van der Waals surface area contributed by atoms with Gasteiger partial charge in [0, 0.05) is 22.9 Å². The summed E-state index contributed by atoms with van der Waals surface area (Å²) < 4.78 is 5.41. The van der Waals surface area contributed by atoms with Crippen LogP contribution in [0.5, 0.6) is 0 Å². The van der Waals surface area contributed by atoms with E-state index in [9.17, 15) is 14.4 Å². The van der Waals surface area contributed by atoms with E-state index >= 15 is 0 Å². The fourth-order valence-corrected chi connectivity index (χ4v) is 5.54. The highest BCUT2D eigenvalue weighted by Gasteiger charge is 2.63. The Morgan fingerprint density at radius 2 is 1.63 bits per heavy atom. The number of ether oxygens (including phenoxy) is 1. The number of carbonyl (C=O) groups excluding carboxylic acids is 3. The number of amides is 2. The van der Waals surface area contributed by atoms with Crippen LogP contribution in [0, 0.1) is 37.5 Å². The SMILES string of the molecule is Cc1cc(C)cc(NC(=O)c2ccc(NC(=O)[C@H]3[C@@H]4C[C@H]5[C@H]3C(=O)O[C@H]5C4)cc2)c1. The number of fused-ring (bicyclic) bond motifs is 1. The van der Waals surface area contributed by atoms with Crippen LogP contribution in [0.1, 0.15) is 34.3 Å². The van der Waals surface area contributed by atoms with Crippen molar-refractivity contribution >= 4 is 29.2 Å². The lowest BCUT2D eigenvalue weighted by Gasteiger charge is -2.23. The standard InChI is InChI=1S/C24H24N2O4/c1-12-7-13(2)9-17(8-12)26-22(27)14-3-5-16(6-4-14)25-23(28)20-15-10-18-19(11-15)30-24(29)21(18)20/h3-9,15,18-21H,10-11H2,1-2H3,(H,25,28)(H,26,27)/t15-,18-,19+,20+,21-/m1/s1. The molecular weight excluding hydrogens is 380 g/mol. The lowest BCUT2D eigenvalue weighted by molar-refractivity contribution is -0.145. The summed E-state index contributed by atoms with van der Waals surface area (Å²) >= 11 is 0. The number of carbonyl (C=O) groups is 3. The molecule has 3 fully saturated rings. The van der Waals surface area contributed by atoms with Gasteiger partial charge in [-0.2, -0.15) is 0 Å². The predicted octanol–water partition coefficient (Wildman–Crippen LogP) is 3.69. The number of benzene rings is 2. The highest BCUT2D eigenvalue weighted by molar-refractivity contribution is 6.05. The molecule has 5 atom stereocenters. The third kappa shape index (κ3) is 3.16. The first kappa shape index (κ1) is 18.9. The summed E-state index contributed by atoms with van der Waals surface area (Å²) in [6.07, 6.45) is 1.71. The Balaban J connectivity index is 1.25. The summed E-state index contributed by atoms with van der Waals surface area (Å²) in [5.74, 6) is -0.731. The van der Waals surface area contributed by atoms with E-state index in [0.29, 0.717) is 11.3 Å². The number of rotatable bonds is 4. The molecule has 5 rings (SSSR count). The van der Waals surface area contributed by atoms with Crippen LogP contribution in [0.2, 0.25) is 0 Å². The van der Waals surface area contributed by atoms with Crippen molar-refractivity contribution in [2.75, 3.05) is 10.6 Å². The van der Waals surface area contributed by atoms with Crippen molar-refractivity contribution in [1.82, 2.24) is 0 Å². The maximum atomic E-state index is 12.9. The molecule has 2 bridgehead atoms. The highest BCUT2D eigenvalue weighted by atomic mass is 16.6. The normalized spacial score (nSPS) is 28.3. The molecule has 2 amide bonds. The summed E-state index contributed by atoms with van der Waals surface area (Å²) in [5.41, 5.74) is 4.05. The smallest absolute Gasteiger partial charge is 0.310 e. The number of nitrogens with one attached hydrogen (secondary N) is 2. The van der Waals surface area contributed by atoms with Crippen molar-refractivity contribution in [2.45, 2.75) is 32.8 Å². The molecule has 2 aliphatic carbocycles. The zero-order chi connectivity index (χ0) is 21.0. The van der Waals surface area contributed by atoms with Gasteiger partial charge in [-0.3, -0.25) is 14.4 Å². The minimum Gasteiger partial charge on any atom is -0.462 e. The first-order valence-corrected chi connectivity index (χ1v) is 10.4. The topological polar surface area (TPSA) is 84.5 Å². The molecular formula is C24H24N2O4. The van der Waals surface area contributed by atoms with E-state index in [1.165, 1.54) is 0 Å². The van der Waals surface area contributed by atoms with E-state index in [1.54, 1.807) is 24.3 Å². The van der Waals surface area contributed by atoms with Crippen LogP contribution in [-0.2, 0) is 14.3 Å². The number of aryl methyl sites for hydroxylation is 2. The van der Waals surface area contributed by atoms with E-state index in [0.717, 1.165) is 29.7 Å². The Bertz CT molecular complexity index is 1020. The fraction of sp³-hybridized carbons (Fsp3) is 0.375. The molecule has 1 heterocycles. The zero-order valence-corrected chi connectivity index (χ0v) is 17.0. The highest BCUT2D eigenvalue weighted by Crippen LogP contribution is 2.57. The van der Waals surface area contributed by atoms with Crippen molar-refractivity contribution in [1.29, 1.82) is 0 Å². The largest absolute Gasteiger partial charge is 0.462 e. The molecule has 0 spiro atoms. The van der Waals surface area contributed by atoms with Gasteiger partial charge in [0.15, 0.2) is 0 Å². The molecule has 0 unspecified atom stereocenters. The molecule has 1 aliphatic heterocycles. The van der Waals surface area contributed by atoms with Gasteiger partial charge in [-0.25, -0.2) is 0 Å². The third-order valence-electron chi connectivity index (χ3n) is 6.68. The maximum Gasteiger partial charge on any atom is 0.310 e. The van der Waals surface area contributed by atoms with Gasteiger partial charge in [-0.05, 0) is 80.1 Å². The fourth-order valence-electron chi connectivity index (χ4n) is 5.54. The molecule has 6 nitrogen and oxygen atoms in total. The van der Waals surface area contributed by atoms with Gasteiger partial charge in [0.05, 0.1) is 11.8 Å². The molecule has 1 saturated heterocycles. The van der Waals surface area contributed by atoms with Crippen LogP contribution in [0.3, 0.4) is 0 Å². The van der Waals surface area contributed by atoms with Crippen LogP contribution in [0.4, 0.5) is 11.4 Å². The van der Waals surface area contributed by atoms with Gasteiger partial charge >= 0.3 is 5.97 Å². The van der Waals surface area contributed by atoms with Crippen molar-refractivity contribution in [2.24, 2.45) is 23.7 Å². The summed E-state index contributed by atoms with van der Waals surface area (Å²) in [7, 11) is 0. The molecule has 0 radical (unpaired) electrons. The Hall–Kier alpha value is -3.15. The van der Waals surface area contributed by atoms with E-state index < -0.39 is 0 Å². The van der Waals surface area contributed by atoms with E-state index in [4.69, 9.17) is 4.74 Å². The average molecular weight is 404 g/mol. The van der Waals surface area contributed by atoms with Gasteiger partial charge in [0.25, 0.3) is 5.91 Å². The second-order valence-electron chi connectivity index (χ2n) is 8.82. The Morgan fingerprint density at radius 1 is 0.933 bits per heavy atom. The molecule has 154 valence electrons. The summed E-state index contributed by atoms with van der Waals surface area (Å²) in [5, 5.41) is 5.83. The van der Waals surface area contributed by atoms with Crippen molar-refractivity contribution in [3.8, 4) is 0 Å². The molecule has 2 aromatic rings. The van der Waals surface area contributed by atoms with Crippen molar-refractivity contribution < 1.29 is 19.1 Å². The van der Waals surface area contributed by atoms with Crippen LogP contribution in [-0.4, -0.2) is 23.9 Å². The molecule has 30 heavy (non-hydrogen) atoms. The maximum absolute atomic E-state index is 12.9. The van der Waals surface area contributed by atoms with Crippen LogP contribution < -0.4 is 10.6 Å². The molecule has 2 N–H and O–H groups in total. The Morgan fingerprint density at radius 3 is 2.33 bits per heavy atom. The van der Waals surface area contributed by atoms with Crippen LogP contribution in [0.25, 0.3) is 0 Å². The van der Waals surface area contributed by atoms with Gasteiger partial charge in [-0.15, -0.1) is 0 Å². The van der Waals surface area contributed by atoms with Crippen LogP contribution >= 0.6 is 0 Å². The molecule has 6 heteroatoms. The number of esters is 1. The number of hydrogen-bond acceptors (Lipinski definition) is 4. The van der Waals surface area contributed by atoms with Crippen molar-refractivity contribution in [3.05, 3.63) is 59.2 Å². The lowest BCUT2D eigenvalue weighted by Crippen LogP contribution is -2.35. The van der Waals surface area contributed by atoms with Gasteiger partial charge < -0.3 is 15.4 Å². The Labute approximate surface area is 175 Å². The predicted molar refractivity (Wildman–Crippen MR) is 112 cm³/mol. The summed E-state index contributed by atoms with van der Waals surface area (Å²) in [4.78, 5) is 37.5. The number of anilines is 2. The van der Waals surface area contributed by atoms with E-state index in [-0.39, 0.29) is 47.6 Å². The van der Waals surface area contributed by atoms with E-state index in [1.807, 2.05) is 26.0 Å². The van der Waals surface area contributed by atoms with E-state index in [2.05, 4.69) is 16.7 Å². The molecule has 2 aromatic carbocycles. The second-order valence-corrected chi connectivity index (χ2v) is 8.82. The quantitative estimate of drug-likeness (QED) is 0.761. The minimum atomic E-state index is -0.311. The average Bonchev–Trinajstić information content (AvgIpc) is 3.30. The molecule has 2 saturated carbocycles. The zero-order valence-electron chi connectivity index (χ0n) is 17.0. The second kappa shape index (κ2) is 6.97. The number of hydrogen-bond donors (Lipinski definition) is 2. The third-order valence-corrected chi connectivity index (χ3v) is 6.68. The van der Waals surface area contributed by atoms with Crippen LogP contribution in [0.15, 0.2) is 42.5 Å². The van der Waals surface area contributed by atoms with Gasteiger partial charge in [0.1, 0.15) is 6.10 Å². The molecule has 3 aliphatic rings.